The molecule has 0 aliphatic carbocycles. The van der Waals surface area contributed by atoms with Gasteiger partial charge in [0.05, 0.1) is 0 Å². The van der Waals surface area contributed by atoms with Crippen molar-refractivity contribution < 1.29 is 5.11 Å². The molecular weight excluding hydrogens is 172 g/mol. The minimum Gasteiger partial charge on any atom is -0.396 e. The molecule has 0 heterocycles. The SMILES string of the molecule is C=CC[C@@H](CO)CCc1ccccc1. The highest BCUT2D eigenvalue weighted by Crippen LogP contribution is 2.12. The van der Waals surface area contributed by atoms with E-state index in [-0.39, 0.29) is 6.61 Å². The molecule has 1 heteroatoms. The molecule has 0 spiro atoms. The van der Waals surface area contributed by atoms with E-state index in [1.54, 1.807) is 0 Å². The summed E-state index contributed by atoms with van der Waals surface area (Å²) in [6.45, 7) is 3.96. The molecule has 0 saturated carbocycles. The summed E-state index contributed by atoms with van der Waals surface area (Å²) >= 11 is 0. The van der Waals surface area contributed by atoms with Crippen LogP contribution >= 0.6 is 0 Å². The van der Waals surface area contributed by atoms with E-state index < -0.39 is 0 Å². The lowest BCUT2D eigenvalue weighted by molar-refractivity contribution is 0.220. The Balaban J connectivity index is 2.35. The van der Waals surface area contributed by atoms with E-state index in [1.165, 1.54) is 5.56 Å². The Morgan fingerprint density at radius 2 is 2.00 bits per heavy atom. The van der Waals surface area contributed by atoms with E-state index >= 15 is 0 Å². The summed E-state index contributed by atoms with van der Waals surface area (Å²) < 4.78 is 0. The largest absolute Gasteiger partial charge is 0.396 e. The topological polar surface area (TPSA) is 20.2 Å². The molecular formula is C13H18O. The Labute approximate surface area is 86.1 Å². The number of hydrogen-bond acceptors (Lipinski definition) is 1. The van der Waals surface area contributed by atoms with Crippen LogP contribution in [0.15, 0.2) is 43.0 Å². The summed E-state index contributed by atoms with van der Waals surface area (Å²) in [6.07, 6.45) is 4.86. The van der Waals surface area contributed by atoms with Crippen LogP contribution in [0.3, 0.4) is 0 Å². The molecule has 0 fully saturated rings. The second kappa shape index (κ2) is 6.39. The predicted molar refractivity (Wildman–Crippen MR) is 60.2 cm³/mol. The first kappa shape index (κ1) is 11.0. The van der Waals surface area contributed by atoms with Crippen LogP contribution in [0.25, 0.3) is 0 Å². The molecule has 76 valence electrons. The zero-order chi connectivity index (χ0) is 10.2. The second-order valence-electron chi connectivity index (χ2n) is 3.60. The van der Waals surface area contributed by atoms with E-state index in [2.05, 4.69) is 30.8 Å². The standard InChI is InChI=1S/C13H18O/c1-2-6-13(11-14)10-9-12-7-4-3-5-8-12/h2-5,7-8,13-14H,1,6,9-11H2/t13-/m1/s1. The van der Waals surface area contributed by atoms with Crippen molar-refractivity contribution in [1.29, 1.82) is 0 Å². The van der Waals surface area contributed by atoms with Crippen molar-refractivity contribution in [3.05, 3.63) is 48.6 Å². The number of benzene rings is 1. The molecule has 0 radical (unpaired) electrons. The minimum absolute atomic E-state index is 0.263. The highest BCUT2D eigenvalue weighted by Gasteiger charge is 2.04. The van der Waals surface area contributed by atoms with Crippen LogP contribution in [0.1, 0.15) is 18.4 Å². The number of allylic oxidation sites excluding steroid dienone is 1. The average Bonchev–Trinajstić information content (AvgIpc) is 2.25. The molecule has 0 bridgehead atoms. The summed E-state index contributed by atoms with van der Waals surface area (Å²) in [5.74, 6) is 0.368. The van der Waals surface area contributed by atoms with Gasteiger partial charge in [-0.3, -0.25) is 0 Å². The number of aliphatic hydroxyl groups is 1. The highest BCUT2D eigenvalue weighted by molar-refractivity contribution is 5.14. The van der Waals surface area contributed by atoms with Crippen LogP contribution in [0.5, 0.6) is 0 Å². The molecule has 1 rings (SSSR count). The maximum Gasteiger partial charge on any atom is 0.0462 e. The van der Waals surface area contributed by atoms with Crippen LogP contribution < -0.4 is 0 Å². The van der Waals surface area contributed by atoms with Crippen molar-refractivity contribution in [3.63, 3.8) is 0 Å². The van der Waals surface area contributed by atoms with Gasteiger partial charge in [-0.25, -0.2) is 0 Å². The van der Waals surface area contributed by atoms with E-state index in [1.807, 2.05) is 12.1 Å². The Kier molecular flexibility index (Phi) is 5.02. The van der Waals surface area contributed by atoms with Crippen LogP contribution in [0.2, 0.25) is 0 Å². The van der Waals surface area contributed by atoms with Gasteiger partial charge in [0, 0.05) is 6.61 Å². The summed E-state index contributed by atoms with van der Waals surface area (Å²) in [6, 6.07) is 10.4. The first-order valence-corrected chi connectivity index (χ1v) is 5.12. The molecule has 0 aromatic heterocycles. The summed E-state index contributed by atoms with van der Waals surface area (Å²) in [7, 11) is 0. The molecule has 0 amide bonds. The second-order valence-corrected chi connectivity index (χ2v) is 3.60. The molecule has 0 saturated heterocycles. The van der Waals surface area contributed by atoms with Crippen molar-refractivity contribution in [2.24, 2.45) is 5.92 Å². The molecule has 14 heavy (non-hydrogen) atoms. The molecule has 1 N–H and O–H groups in total. The molecule has 0 aliphatic heterocycles. The lowest BCUT2D eigenvalue weighted by Gasteiger charge is -2.11. The average molecular weight is 190 g/mol. The molecule has 0 unspecified atom stereocenters. The van der Waals surface area contributed by atoms with Gasteiger partial charge < -0.3 is 5.11 Å². The maximum absolute atomic E-state index is 9.09. The Morgan fingerprint density at radius 3 is 2.57 bits per heavy atom. The summed E-state index contributed by atoms with van der Waals surface area (Å²) in [4.78, 5) is 0. The molecule has 1 nitrogen and oxygen atoms in total. The van der Waals surface area contributed by atoms with Gasteiger partial charge in [0.2, 0.25) is 0 Å². The van der Waals surface area contributed by atoms with Crippen molar-refractivity contribution >= 4 is 0 Å². The zero-order valence-electron chi connectivity index (χ0n) is 8.52. The monoisotopic (exact) mass is 190 g/mol. The molecule has 1 aromatic carbocycles. The normalized spacial score (nSPS) is 12.4. The van der Waals surface area contributed by atoms with Crippen molar-refractivity contribution in [1.82, 2.24) is 0 Å². The fourth-order valence-electron chi connectivity index (χ4n) is 1.53. The van der Waals surface area contributed by atoms with E-state index in [0.29, 0.717) is 5.92 Å². The lowest BCUT2D eigenvalue weighted by atomic mass is 9.97. The number of aryl methyl sites for hydroxylation is 1. The Morgan fingerprint density at radius 1 is 1.29 bits per heavy atom. The Bertz CT molecular complexity index is 253. The van der Waals surface area contributed by atoms with Crippen LogP contribution in [-0.2, 0) is 6.42 Å². The minimum atomic E-state index is 0.263. The third-order valence-corrected chi connectivity index (χ3v) is 2.44. The van der Waals surface area contributed by atoms with E-state index in [4.69, 9.17) is 5.11 Å². The quantitative estimate of drug-likeness (QED) is 0.684. The van der Waals surface area contributed by atoms with Crippen molar-refractivity contribution in [3.8, 4) is 0 Å². The lowest BCUT2D eigenvalue weighted by Crippen LogP contribution is -2.06. The van der Waals surface area contributed by atoms with Gasteiger partial charge in [-0.1, -0.05) is 36.4 Å². The third kappa shape index (κ3) is 3.75. The van der Waals surface area contributed by atoms with Crippen molar-refractivity contribution in [2.75, 3.05) is 6.61 Å². The number of hydrogen-bond donors (Lipinski definition) is 1. The van der Waals surface area contributed by atoms with E-state index in [9.17, 15) is 0 Å². The fourth-order valence-corrected chi connectivity index (χ4v) is 1.53. The zero-order valence-corrected chi connectivity index (χ0v) is 8.52. The Hall–Kier alpha value is -1.08. The van der Waals surface area contributed by atoms with Crippen LogP contribution in [0, 0.1) is 5.92 Å². The van der Waals surface area contributed by atoms with Crippen LogP contribution in [-0.4, -0.2) is 11.7 Å². The first-order valence-electron chi connectivity index (χ1n) is 5.12. The molecule has 0 aliphatic rings. The van der Waals surface area contributed by atoms with E-state index in [0.717, 1.165) is 19.3 Å². The fraction of sp³-hybridized carbons (Fsp3) is 0.385. The summed E-state index contributed by atoms with van der Waals surface area (Å²) in [5, 5.41) is 9.09. The number of aliphatic hydroxyl groups excluding tert-OH is 1. The van der Waals surface area contributed by atoms with Crippen molar-refractivity contribution in [2.45, 2.75) is 19.3 Å². The van der Waals surface area contributed by atoms with Gasteiger partial charge in [-0.2, -0.15) is 0 Å². The van der Waals surface area contributed by atoms with Gasteiger partial charge in [-0.05, 0) is 30.7 Å². The van der Waals surface area contributed by atoms with Gasteiger partial charge >= 0.3 is 0 Å². The molecule has 1 atom stereocenters. The van der Waals surface area contributed by atoms with Gasteiger partial charge in [0.15, 0.2) is 0 Å². The first-order chi connectivity index (χ1) is 6.86. The van der Waals surface area contributed by atoms with Crippen LogP contribution in [0.4, 0.5) is 0 Å². The maximum atomic E-state index is 9.09. The van der Waals surface area contributed by atoms with Gasteiger partial charge in [-0.15, -0.1) is 6.58 Å². The molecule has 1 aromatic rings. The third-order valence-electron chi connectivity index (χ3n) is 2.44. The highest BCUT2D eigenvalue weighted by atomic mass is 16.3. The number of rotatable bonds is 6. The van der Waals surface area contributed by atoms with Gasteiger partial charge in [0.1, 0.15) is 0 Å². The summed E-state index contributed by atoms with van der Waals surface area (Å²) in [5.41, 5.74) is 1.34. The predicted octanol–water partition coefficient (Wildman–Crippen LogP) is 2.80. The smallest absolute Gasteiger partial charge is 0.0462 e. The van der Waals surface area contributed by atoms with Gasteiger partial charge in [0.25, 0.3) is 0 Å².